The van der Waals surface area contributed by atoms with Gasteiger partial charge in [-0.15, -0.1) is 0 Å². The number of anilines is 3. The highest BCUT2D eigenvalue weighted by atomic mass is 35.5. The van der Waals surface area contributed by atoms with Crippen molar-refractivity contribution in [2.45, 2.75) is 6.54 Å². The lowest BCUT2D eigenvalue weighted by molar-refractivity contribution is -0.383. The van der Waals surface area contributed by atoms with Crippen molar-refractivity contribution >= 4 is 57.8 Å². The van der Waals surface area contributed by atoms with Crippen molar-refractivity contribution in [1.82, 2.24) is 9.97 Å². The quantitative estimate of drug-likeness (QED) is 0.389. The minimum atomic E-state index is -0.552. The molecule has 0 saturated carbocycles. The summed E-state index contributed by atoms with van der Waals surface area (Å²) >= 11 is 17.7. The molecule has 0 amide bonds. The summed E-state index contributed by atoms with van der Waals surface area (Å²) in [5.41, 5.74) is 1.12. The van der Waals surface area contributed by atoms with Crippen molar-refractivity contribution in [3.05, 3.63) is 79.5 Å². The van der Waals surface area contributed by atoms with Gasteiger partial charge >= 0.3 is 5.69 Å². The molecule has 0 fully saturated rings. The zero-order valence-electron chi connectivity index (χ0n) is 13.6. The van der Waals surface area contributed by atoms with Crippen LogP contribution in [0.15, 0.2) is 48.8 Å². The molecule has 1 heterocycles. The van der Waals surface area contributed by atoms with E-state index < -0.39 is 4.92 Å². The van der Waals surface area contributed by atoms with E-state index >= 15 is 0 Å². The van der Waals surface area contributed by atoms with E-state index in [1.807, 2.05) is 12.1 Å². The lowest BCUT2D eigenvalue weighted by Gasteiger charge is -2.10. The van der Waals surface area contributed by atoms with Crippen molar-refractivity contribution in [1.29, 1.82) is 0 Å². The van der Waals surface area contributed by atoms with Crippen LogP contribution < -0.4 is 10.6 Å². The zero-order valence-corrected chi connectivity index (χ0v) is 15.9. The van der Waals surface area contributed by atoms with E-state index in [1.165, 1.54) is 6.33 Å². The molecule has 27 heavy (non-hydrogen) atoms. The van der Waals surface area contributed by atoms with Crippen LogP contribution in [0, 0.1) is 10.1 Å². The average molecular weight is 425 g/mol. The minimum Gasteiger partial charge on any atom is -0.360 e. The highest BCUT2D eigenvalue weighted by molar-refractivity contribution is 6.42. The molecule has 0 bridgehead atoms. The first-order valence-electron chi connectivity index (χ1n) is 7.64. The SMILES string of the molecule is O=[N+]([O-])c1c(NCc2ccc(Cl)cc2)ncnc1Nc1ccc(Cl)c(Cl)c1. The molecular formula is C17H12Cl3N5O2. The standard InChI is InChI=1S/C17H12Cl3N5O2/c18-11-3-1-10(2-4-11)8-21-16-15(25(26)27)17(23-9-22-16)24-12-5-6-13(19)14(20)7-12/h1-7,9H,8H2,(H2,21,22,23,24). The van der Waals surface area contributed by atoms with Crippen molar-refractivity contribution in [3.63, 3.8) is 0 Å². The van der Waals surface area contributed by atoms with Crippen molar-refractivity contribution in [3.8, 4) is 0 Å². The molecule has 7 nitrogen and oxygen atoms in total. The number of nitro groups is 1. The fourth-order valence-electron chi connectivity index (χ4n) is 2.27. The van der Waals surface area contributed by atoms with E-state index in [2.05, 4.69) is 20.6 Å². The summed E-state index contributed by atoms with van der Waals surface area (Å²) in [7, 11) is 0. The minimum absolute atomic E-state index is 0.0343. The maximum atomic E-state index is 11.6. The van der Waals surface area contributed by atoms with Gasteiger partial charge in [-0.05, 0) is 35.9 Å². The Kier molecular flexibility index (Phi) is 5.95. The van der Waals surface area contributed by atoms with Crippen LogP contribution in [0.25, 0.3) is 0 Å². The van der Waals surface area contributed by atoms with Crippen LogP contribution in [0.5, 0.6) is 0 Å². The third-order valence-electron chi connectivity index (χ3n) is 3.56. The number of hydrogen-bond acceptors (Lipinski definition) is 6. The Labute approximate surface area is 169 Å². The van der Waals surface area contributed by atoms with Crippen LogP contribution in [0.3, 0.4) is 0 Å². The highest BCUT2D eigenvalue weighted by Gasteiger charge is 2.23. The van der Waals surface area contributed by atoms with Gasteiger partial charge in [0.05, 0.1) is 15.0 Å². The largest absolute Gasteiger partial charge is 0.360 e. The van der Waals surface area contributed by atoms with Gasteiger partial charge in [0.15, 0.2) is 0 Å². The van der Waals surface area contributed by atoms with Crippen molar-refractivity contribution in [2.75, 3.05) is 10.6 Å². The Morgan fingerprint density at radius 3 is 2.33 bits per heavy atom. The molecule has 0 aliphatic heterocycles. The highest BCUT2D eigenvalue weighted by Crippen LogP contribution is 2.33. The van der Waals surface area contributed by atoms with Crippen LogP contribution in [0.2, 0.25) is 15.1 Å². The van der Waals surface area contributed by atoms with Gasteiger partial charge in [-0.1, -0.05) is 46.9 Å². The monoisotopic (exact) mass is 423 g/mol. The second-order valence-electron chi connectivity index (χ2n) is 5.41. The van der Waals surface area contributed by atoms with E-state index in [4.69, 9.17) is 34.8 Å². The van der Waals surface area contributed by atoms with Gasteiger partial charge in [0, 0.05) is 17.3 Å². The van der Waals surface area contributed by atoms with Gasteiger partial charge in [0.25, 0.3) is 0 Å². The number of hydrogen-bond donors (Lipinski definition) is 2. The second kappa shape index (κ2) is 8.39. The van der Waals surface area contributed by atoms with Gasteiger partial charge in [0.1, 0.15) is 6.33 Å². The Morgan fingerprint density at radius 1 is 0.963 bits per heavy atom. The first-order valence-corrected chi connectivity index (χ1v) is 8.77. The van der Waals surface area contributed by atoms with E-state index in [0.29, 0.717) is 27.3 Å². The average Bonchev–Trinajstić information content (AvgIpc) is 2.64. The Hall–Kier alpha value is -2.61. The summed E-state index contributed by atoms with van der Waals surface area (Å²) < 4.78 is 0. The first kappa shape index (κ1) is 19.2. The summed E-state index contributed by atoms with van der Waals surface area (Å²) in [5, 5.41) is 18.7. The zero-order chi connectivity index (χ0) is 19.4. The molecule has 0 radical (unpaired) electrons. The van der Waals surface area contributed by atoms with Gasteiger partial charge in [-0.2, -0.15) is 0 Å². The van der Waals surface area contributed by atoms with Gasteiger partial charge in [-0.3, -0.25) is 10.1 Å². The first-order chi connectivity index (χ1) is 12.9. The van der Waals surface area contributed by atoms with Crippen LogP contribution in [0.4, 0.5) is 23.0 Å². The van der Waals surface area contributed by atoms with Crippen molar-refractivity contribution in [2.24, 2.45) is 0 Å². The Bertz CT molecular complexity index is 983. The molecule has 2 aromatic carbocycles. The van der Waals surface area contributed by atoms with Crippen LogP contribution in [0.1, 0.15) is 5.56 Å². The van der Waals surface area contributed by atoms with E-state index in [-0.39, 0.29) is 17.3 Å². The topological polar surface area (TPSA) is 93.0 Å². The number of benzene rings is 2. The number of halogens is 3. The molecule has 3 rings (SSSR count). The Morgan fingerprint density at radius 2 is 1.67 bits per heavy atom. The summed E-state index contributed by atoms with van der Waals surface area (Å²) in [4.78, 5) is 19.0. The maximum Gasteiger partial charge on any atom is 0.353 e. The summed E-state index contributed by atoms with van der Waals surface area (Å²) in [6.07, 6.45) is 1.23. The Balaban J connectivity index is 1.86. The molecular weight excluding hydrogens is 413 g/mol. The molecule has 3 aromatic rings. The van der Waals surface area contributed by atoms with Crippen molar-refractivity contribution < 1.29 is 4.92 Å². The lowest BCUT2D eigenvalue weighted by Crippen LogP contribution is -2.08. The van der Waals surface area contributed by atoms with E-state index in [9.17, 15) is 10.1 Å². The summed E-state index contributed by atoms with van der Waals surface area (Å²) in [6.45, 7) is 0.335. The molecule has 0 saturated heterocycles. The van der Waals surface area contributed by atoms with Gasteiger partial charge in [-0.25, -0.2) is 9.97 Å². The number of rotatable bonds is 6. The fourth-order valence-corrected chi connectivity index (χ4v) is 2.70. The van der Waals surface area contributed by atoms with Crippen LogP contribution >= 0.6 is 34.8 Å². The number of nitrogens with one attached hydrogen (secondary N) is 2. The van der Waals surface area contributed by atoms with Gasteiger partial charge in [0.2, 0.25) is 11.6 Å². The smallest absolute Gasteiger partial charge is 0.353 e. The van der Waals surface area contributed by atoms with Gasteiger partial charge < -0.3 is 10.6 Å². The summed E-state index contributed by atoms with van der Waals surface area (Å²) in [5.74, 6) is 0.125. The van der Waals surface area contributed by atoms with Crippen LogP contribution in [-0.4, -0.2) is 14.9 Å². The molecule has 2 N–H and O–H groups in total. The normalized spacial score (nSPS) is 10.5. The molecule has 0 aliphatic rings. The molecule has 10 heteroatoms. The third kappa shape index (κ3) is 4.77. The number of nitrogens with zero attached hydrogens (tertiary/aromatic N) is 3. The predicted molar refractivity (Wildman–Crippen MR) is 107 cm³/mol. The fraction of sp³-hybridized carbons (Fsp3) is 0.0588. The van der Waals surface area contributed by atoms with E-state index in [1.54, 1.807) is 30.3 Å². The predicted octanol–water partition coefficient (Wildman–Crippen LogP) is 5.70. The molecule has 0 atom stereocenters. The molecule has 0 aliphatic carbocycles. The lowest BCUT2D eigenvalue weighted by atomic mass is 10.2. The molecule has 0 unspecified atom stereocenters. The molecule has 138 valence electrons. The summed E-state index contributed by atoms with van der Waals surface area (Å²) in [6, 6.07) is 11.9. The molecule has 1 aromatic heterocycles. The second-order valence-corrected chi connectivity index (χ2v) is 6.66. The molecule has 0 spiro atoms. The van der Waals surface area contributed by atoms with Crippen LogP contribution in [-0.2, 0) is 6.54 Å². The maximum absolute atomic E-state index is 11.6. The third-order valence-corrected chi connectivity index (χ3v) is 4.55. The van der Waals surface area contributed by atoms with E-state index in [0.717, 1.165) is 5.56 Å². The number of aromatic nitrogens is 2.